The lowest BCUT2D eigenvalue weighted by Crippen LogP contribution is -2.43. The molecule has 3 aromatic heterocycles. The quantitative estimate of drug-likeness (QED) is 0.494. The van der Waals surface area contributed by atoms with E-state index < -0.39 is 17.6 Å². The second kappa shape index (κ2) is 7.77. The molecule has 0 spiro atoms. The number of hydrogen-bond donors (Lipinski definition) is 2. The van der Waals surface area contributed by atoms with Crippen molar-refractivity contribution in [2.45, 2.75) is 13.1 Å². The van der Waals surface area contributed by atoms with Crippen molar-refractivity contribution in [1.29, 1.82) is 0 Å². The number of imidazole rings is 1. The largest absolute Gasteiger partial charge is 0.420 e. The summed E-state index contributed by atoms with van der Waals surface area (Å²) in [6.45, 7) is 5.01. The number of carbonyl (C=O) groups excluding carboxylic acids is 1. The number of anilines is 2. The molecule has 4 heterocycles. The molecule has 1 aliphatic heterocycles. The summed E-state index contributed by atoms with van der Waals surface area (Å²) in [5.74, 6) is -0.533. The van der Waals surface area contributed by atoms with Crippen LogP contribution in [0.15, 0.2) is 36.8 Å². The van der Waals surface area contributed by atoms with Crippen molar-refractivity contribution in [1.82, 2.24) is 24.5 Å². The third-order valence-corrected chi connectivity index (χ3v) is 5.70. The minimum absolute atomic E-state index is 0.0208. The van der Waals surface area contributed by atoms with Gasteiger partial charge in [0.05, 0.1) is 16.9 Å². The fourth-order valence-electron chi connectivity index (χ4n) is 4.27. The zero-order valence-electron chi connectivity index (χ0n) is 18.1. The number of nitrogens with zero attached hydrogens (tertiary/aromatic N) is 5. The third-order valence-electron chi connectivity index (χ3n) is 5.70. The Morgan fingerprint density at radius 1 is 1.15 bits per heavy atom. The summed E-state index contributed by atoms with van der Waals surface area (Å²) in [4.78, 5) is 19.3. The number of piperazine rings is 1. The minimum atomic E-state index is -4.61. The lowest BCUT2D eigenvalue weighted by atomic mass is 10.1. The number of halogens is 3. The van der Waals surface area contributed by atoms with Gasteiger partial charge in [0.25, 0.3) is 5.91 Å². The monoisotopic (exact) mass is 457 g/mol. The molecule has 1 aromatic carbocycles. The van der Waals surface area contributed by atoms with Crippen LogP contribution in [0.2, 0.25) is 0 Å². The van der Waals surface area contributed by atoms with Crippen molar-refractivity contribution in [2.24, 2.45) is 7.05 Å². The number of rotatable bonds is 3. The number of fused-ring (bicyclic) bond motifs is 2. The van der Waals surface area contributed by atoms with Crippen LogP contribution in [0.25, 0.3) is 16.6 Å². The highest BCUT2D eigenvalue weighted by atomic mass is 19.4. The Hall–Kier alpha value is -3.60. The highest BCUT2D eigenvalue weighted by Gasteiger charge is 2.35. The van der Waals surface area contributed by atoms with Crippen LogP contribution in [0.1, 0.15) is 21.6 Å². The van der Waals surface area contributed by atoms with E-state index >= 15 is 0 Å². The minimum Gasteiger partial charge on any atom is -0.368 e. The number of alkyl halides is 3. The summed E-state index contributed by atoms with van der Waals surface area (Å²) in [6, 6.07) is 4.45. The molecule has 0 radical (unpaired) electrons. The van der Waals surface area contributed by atoms with Crippen LogP contribution >= 0.6 is 0 Å². The number of amides is 1. The van der Waals surface area contributed by atoms with E-state index in [0.29, 0.717) is 16.8 Å². The van der Waals surface area contributed by atoms with Crippen LogP contribution < -0.4 is 15.5 Å². The lowest BCUT2D eigenvalue weighted by molar-refractivity contribution is -0.136. The van der Waals surface area contributed by atoms with Gasteiger partial charge >= 0.3 is 6.18 Å². The van der Waals surface area contributed by atoms with Crippen LogP contribution in [-0.2, 0) is 13.2 Å². The molecule has 1 fully saturated rings. The maximum absolute atomic E-state index is 13.6. The number of benzene rings is 1. The molecule has 0 saturated carbocycles. The zero-order chi connectivity index (χ0) is 23.3. The highest BCUT2D eigenvalue weighted by Crippen LogP contribution is 2.35. The van der Waals surface area contributed by atoms with Gasteiger partial charge in [-0.05, 0) is 25.1 Å². The lowest BCUT2D eigenvalue weighted by Gasteiger charge is -2.30. The van der Waals surface area contributed by atoms with E-state index in [-0.39, 0.29) is 11.3 Å². The summed E-state index contributed by atoms with van der Waals surface area (Å²) in [7, 11) is 1.77. The van der Waals surface area contributed by atoms with E-state index in [9.17, 15) is 18.0 Å². The first kappa shape index (κ1) is 21.3. The summed E-state index contributed by atoms with van der Waals surface area (Å²) in [5.41, 5.74) is 1.12. The standard InChI is InChI=1S/C22H22F3N7O/c1-13-10-32-11-14(9-17(20(32)27-13)22(23,24)25)28-21(33)15-3-4-18(31-7-5-26-6-8-31)16-12-30(2)29-19(15)16/h3-4,9-12,26H,5-8H2,1-2H3,(H,28,33). The number of pyridine rings is 1. The van der Waals surface area contributed by atoms with E-state index in [2.05, 4.69) is 25.6 Å². The Kier molecular flexibility index (Phi) is 5.00. The molecule has 0 atom stereocenters. The van der Waals surface area contributed by atoms with Crippen LogP contribution in [-0.4, -0.2) is 51.3 Å². The van der Waals surface area contributed by atoms with Crippen LogP contribution in [0, 0.1) is 6.92 Å². The second-order valence-electron chi connectivity index (χ2n) is 8.14. The van der Waals surface area contributed by atoms with E-state index in [4.69, 9.17) is 0 Å². The molecule has 0 aliphatic carbocycles. The van der Waals surface area contributed by atoms with Gasteiger partial charge in [0.2, 0.25) is 0 Å². The Balaban J connectivity index is 1.53. The SMILES string of the molecule is Cc1cn2cc(NC(=O)c3ccc(N4CCNCC4)c4cn(C)nc34)cc(C(F)(F)F)c2n1. The first-order valence-electron chi connectivity index (χ1n) is 10.5. The highest BCUT2D eigenvalue weighted by molar-refractivity contribution is 6.14. The van der Waals surface area contributed by atoms with E-state index in [0.717, 1.165) is 43.3 Å². The van der Waals surface area contributed by atoms with Crippen LogP contribution in [0.5, 0.6) is 0 Å². The fraction of sp³-hybridized carbons (Fsp3) is 0.318. The molecule has 172 valence electrons. The average Bonchev–Trinajstić information content (AvgIpc) is 3.33. The number of aromatic nitrogens is 4. The number of nitrogens with one attached hydrogen (secondary N) is 2. The summed E-state index contributed by atoms with van der Waals surface area (Å²) in [6.07, 6.45) is 0.150. The van der Waals surface area contributed by atoms with Crippen molar-refractivity contribution in [3.63, 3.8) is 0 Å². The molecular formula is C22H22F3N7O. The Labute approximate surface area is 187 Å². The first-order valence-corrected chi connectivity index (χ1v) is 10.5. The Morgan fingerprint density at radius 2 is 1.91 bits per heavy atom. The van der Waals surface area contributed by atoms with Gasteiger partial charge in [-0.25, -0.2) is 4.98 Å². The van der Waals surface area contributed by atoms with E-state index in [1.165, 1.54) is 16.8 Å². The van der Waals surface area contributed by atoms with Gasteiger partial charge in [0.15, 0.2) is 0 Å². The predicted molar refractivity (Wildman–Crippen MR) is 119 cm³/mol. The van der Waals surface area contributed by atoms with Crippen molar-refractivity contribution >= 4 is 33.8 Å². The average molecular weight is 457 g/mol. The molecule has 11 heteroatoms. The van der Waals surface area contributed by atoms with Crippen molar-refractivity contribution in [3.8, 4) is 0 Å². The van der Waals surface area contributed by atoms with Gasteiger partial charge in [0, 0.05) is 62.9 Å². The molecule has 5 rings (SSSR count). The van der Waals surface area contributed by atoms with Crippen LogP contribution in [0.4, 0.5) is 24.5 Å². The van der Waals surface area contributed by atoms with Crippen molar-refractivity contribution in [3.05, 3.63) is 53.6 Å². The molecule has 1 amide bonds. The molecule has 2 N–H and O–H groups in total. The zero-order valence-corrected chi connectivity index (χ0v) is 18.1. The maximum Gasteiger partial charge on any atom is 0.420 e. The molecule has 0 unspecified atom stereocenters. The Morgan fingerprint density at radius 3 is 2.64 bits per heavy atom. The van der Waals surface area contributed by atoms with Gasteiger partial charge in [-0.3, -0.25) is 9.48 Å². The predicted octanol–water partition coefficient (Wildman–Crippen LogP) is 3.21. The van der Waals surface area contributed by atoms with Gasteiger partial charge in [0.1, 0.15) is 16.7 Å². The van der Waals surface area contributed by atoms with Crippen LogP contribution in [0.3, 0.4) is 0 Å². The van der Waals surface area contributed by atoms with Gasteiger partial charge < -0.3 is 19.9 Å². The molecule has 1 saturated heterocycles. The number of aryl methyl sites for hydroxylation is 2. The first-order chi connectivity index (χ1) is 15.7. The molecule has 0 bridgehead atoms. The van der Waals surface area contributed by atoms with Gasteiger partial charge in [-0.1, -0.05) is 0 Å². The molecule has 4 aromatic rings. The smallest absolute Gasteiger partial charge is 0.368 e. The molecule has 33 heavy (non-hydrogen) atoms. The fourth-order valence-corrected chi connectivity index (χ4v) is 4.27. The molecule has 8 nitrogen and oxygen atoms in total. The summed E-state index contributed by atoms with van der Waals surface area (Å²) >= 11 is 0. The van der Waals surface area contributed by atoms with Crippen molar-refractivity contribution < 1.29 is 18.0 Å². The molecular weight excluding hydrogens is 435 g/mol. The maximum atomic E-state index is 13.6. The normalized spacial score (nSPS) is 14.9. The Bertz CT molecular complexity index is 1370. The molecule has 1 aliphatic rings. The topological polar surface area (TPSA) is 79.5 Å². The number of carbonyl (C=O) groups is 1. The van der Waals surface area contributed by atoms with E-state index in [1.54, 1.807) is 24.7 Å². The number of hydrogen-bond acceptors (Lipinski definition) is 5. The summed E-state index contributed by atoms with van der Waals surface area (Å²) in [5, 5.41) is 11.2. The second-order valence-corrected chi connectivity index (χ2v) is 8.14. The van der Waals surface area contributed by atoms with Gasteiger partial charge in [-0.2, -0.15) is 18.3 Å². The summed E-state index contributed by atoms with van der Waals surface area (Å²) < 4.78 is 43.7. The third kappa shape index (κ3) is 3.88. The van der Waals surface area contributed by atoms with E-state index in [1.807, 2.05) is 12.3 Å². The van der Waals surface area contributed by atoms with Gasteiger partial charge in [-0.15, -0.1) is 0 Å². The van der Waals surface area contributed by atoms with Crippen molar-refractivity contribution in [2.75, 3.05) is 36.4 Å².